The maximum absolute atomic E-state index is 13.1. The van der Waals surface area contributed by atoms with E-state index in [-0.39, 0.29) is 37.4 Å². The fourth-order valence-corrected chi connectivity index (χ4v) is 3.91. The van der Waals surface area contributed by atoms with Gasteiger partial charge in [-0.15, -0.1) is 0 Å². The molecular weight excluding hydrogens is 465 g/mol. The van der Waals surface area contributed by atoms with Crippen LogP contribution in [0, 0.1) is 5.82 Å². The van der Waals surface area contributed by atoms with Crippen molar-refractivity contribution >= 4 is 23.5 Å². The number of halogens is 2. The summed E-state index contributed by atoms with van der Waals surface area (Å²) in [7, 11) is 0. The summed E-state index contributed by atoms with van der Waals surface area (Å²) in [6, 6.07) is 10.2. The summed E-state index contributed by atoms with van der Waals surface area (Å²) in [5.41, 5.74) is 6.52. The first kappa shape index (κ1) is 25.7. The molecule has 0 aromatic heterocycles. The number of hydrogen-bond donors (Lipinski definition) is 2. The third-order valence-electron chi connectivity index (χ3n) is 5.61. The van der Waals surface area contributed by atoms with Crippen molar-refractivity contribution in [1.82, 2.24) is 9.80 Å². The molecule has 0 radical (unpaired) electrons. The number of piperazine rings is 1. The van der Waals surface area contributed by atoms with Crippen LogP contribution in [0.4, 0.5) is 4.39 Å². The first-order chi connectivity index (χ1) is 16.2. The van der Waals surface area contributed by atoms with Gasteiger partial charge in [-0.3, -0.25) is 14.5 Å². The molecular formula is C24H29ClFN3O5. The zero-order valence-electron chi connectivity index (χ0n) is 19.0. The Kier molecular flexibility index (Phi) is 9.09. The van der Waals surface area contributed by atoms with Crippen LogP contribution in [0.2, 0.25) is 5.02 Å². The number of nitrogens with zero attached hydrogens (tertiary/aromatic N) is 2. The van der Waals surface area contributed by atoms with Crippen molar-refractivity contribution in [2.45, 2.75) is 32.0 Å². The summed E-state index contributed by atoms with van der Waals surface area (Å²) in [5, 5.41) is 9.30. The molecule has 0 saturated carbocycles. The van der Waals surface area contributed by atoms with Crippen LogP contribution in [0.5, 0.6) is 11.5 Å². The molecule has 1 saturated heterocycles. The third kappa shape index (κ3) is 7.31. The van der Waals surface area contributed by atoms with Crippen molar-refractivity contribution in [3.63, 3.8) is 0 Å². The number of aliphatic carboxylic acids is 1. The molecule has 0 spiro atoms. The SMILES string of the molecule is C[C@@H]1CN(Cc2ccc(F)cc2)CCN1C(=O)COc1ccc(Cl)cc1OCC[C@H](N)C(=O)O. The van der Waals surface area contributed by atoms with Crippen LogP contribution in [0.15, 0.2) is 42.5 Å². The normalized spacial score (nSPS) is 17.3. The minimum absolute atomic E-state index is 0.0104. The second-order valence-electron chi connectivity index (χ2n) is 8.26. The minimum atomic E-state index is -1.11. The van der Waals surface area contributed by atoms with Crippen molar-refractivity contribution < 1.29 is 28.6 Å². The zero-order valence-corrected chi connectivity index (χ0v) is 19.7. The highest BCUT2D eigenvalue weighted by Crippen LogP contribution is 2.30. The average Bonchev–Trinajstić information content (AvgIpc) is 2.80. The number of nitrogens with two attached hydrogens (primary N) is 1. The second kappa shape index (κ2) is 12.0. The topological polar surface area (TPSA) is 105 Å². The second-order valence-corrected chi connectivity index (χ2v) is 8.70. The van der Waals surface area contributed by atoms with Crippen LogP contribution >= 0.6 is 11.6 Å². The Morgan fingerprint density at radius 2 is 1.91 bits per heavy atom. The molecule has 184 valence electrons. The summed E-state index contributed by atoms with van der Waals surface area (Å²) in [6.45, 7) is 4.52. The molecule has 1 fully saturated rings. The van der Waals surface area contributed by atoms with Gasteiger partial charge in [0.1, 0.15) is 11.9 Å². The summed E-state index contributed by atoms with van der Waals surface area (Å²) < 4.78 is 24.4. The summed E-state index contributed by atoms with van der Waals surface area (Å²) in [4.78, 5) is 27.7. The Hall–Kier alpha value is -2.88. The molecule has 8 nitrogen and oxygen atoms in total. The van der Waals surface area contributed by atoms with Gasteiger partial charge in [0.05, 0.1) is 6.61 Å². The number of hydrogen-bond acceptors (Lipinski definition) is 6. The van der Waals surface area contributed by atoms with Crippen molar-refractivity contribution in [2.24, 2.45) is 5.73 Å². The highest BCUT2D eigenvalue weighted by atomic mass is 35.5. The van der Waals surface area contributed by atoms with Gasteiger partial charge in [-0.2, -0.15) is 0 Å². The van der Waals surface area contributed by atoms with Gasteiger partial charge in [-0.1, -0.05) is 23.7 Å². The Morgan fingerprint density at radius 1 is 1.18 bits per heavy atom. The molecule has 2 aromatic carbocycles. The lowest BCUT2D eigenvalue weighted by molar-refractivity contribution is -0.139. The first-order valence-corrected chi connectivity index (χ1v) is 11.4. The summed E-state index contributed by atoms with van der Waals surface area (Å²) >= 11 is 6.04. The molecule has 3 rings (SSSR count). The average molecular weight is 494 g/mol. The van der Waals surface area contributed by atoms with E-state index in [4.69, 9.17) is 31.9 Å². The first-order valence-electron chi connectivity index (χ1n) is 11.0. The number of benzene rings is 2. The number of carboxylic acid groups (broad SMARTS) is 1. The van der Waals surface area contributed by atoms with Crippen LogP contribution in [-0.4, -0.2) is 71.7 Å². The largest absolute Gasteiger partial charge is 0.490 e. The predicted molar refractivity (Wildman–Crippen MR) is 126 cm³/mol. The Morgan fingerprint density at radius 3 is 2.59 bits per heavy atom. The highest BCUT2D eigenvalue weighted by Gasteiger charge is 2.28. The highest BCUT2D eigenvalue weighted by molar-refractivity contribution is 6.30. The van der Waals surface area contributed by atoms with Crippen LogP contribution in [0.3, 0.4) is 0 Å². The van der Waals surface area contributed by atoms with Gasteiger partial charge in [0.25, 0.3) is 5.91 Å². The lowest BCUT2D eigenvalue weighted by Gasteiger charge is -2.39. The minimum Gasteiger partial charge on any atom is -0.490 e. The number of ether oxygens (including phenoxy) is 2. The Balaban J connectivity index is 1.51. The maximum Gasteiger partial charge on any atom is 0.320 e. The molecule has 3 N–H and O–H groups in total. The maximum atomic E-state index is 13.1. The predicted octanol–water partition coefficient (Wildman–Crippen LogP) is 2.77. The fourth-order valence-electron chi connectivity index (χ4n) is 3.75. The van der Waals surface area contributed by atoms with Crippen molar-refractivity contribution in [2.75, 3.05) is 32.8 Å². The number of amides is 1. The van der Waals surface area contributed by atoms with Gasteiger partial charge in [0, 0.05) is 49.7 Å². The van der Waals surface area contributed by atoms with E-state index >= 15 is 0 Å². The number of rotatable bonds is 10. The van der Waals surface area contributed by atoms with Crippen molar-refractivity contribution in [3.8, 4) is 11.5 Å². The van der Waals surface area contributed by atoms with Gasteiger partial charge < -0.3 is 25.2 Å². The molecule has 2 atom stereocenters. The van der Waals surface area contributed by atoms with Gasteiger partial charge in [0.15, 0.2) is 18.1 Å². The van der Waals surface area contributed by atoms with E-state index in [1.165, 1.54) is 12.1 Å². The monoisotopic (exact) mass is 493 g/mol. The molecule has 1 heterocycles. The van der Waals surface area contributed by atoms with E-state index < -0.39 is 12.0 Å². The lowest BCUT2D eigenvalue weighted by atomic mass is 10.1. The lowest BCUT2D eigenvalue weighted by Crippen LogP contribution is -2.54. The Bertz CT molecular complexity index is 991. The molecule has 0 unspecified atom stereocenters. The van der Waals surface area contributed by atoms with Gasteiger partial charge >= 0.3 is 5.97 Å². The molecule has 2 aromatic rings. The van der Waals surface area contributed by atoms with E-state index in [9.17, 15) is 14.0 Å². The molecule has 10 heteroatoms. The number of carboxylic acids is 1. The van der Waals surface area contributed by atoms with E-state index in [1.807, 2.05) is 6.92 Å². The van der Waals surface area contributed by atoms with E-state index in [1.54, 1.807) is 35.2 Å². The molecule has 0 aliphatic carbocycles. The smallest absolute Gasteiger partial charge is 0.320 e. The molecule has 0 bridgehead atoms. The summed E-state index contributed by atoms with van der Waals surface area (Å²) in [5.74, 6) is -0.865. The molecule has 34 heavy (non-hydrogen) atoms. The van der Waals surface area contributed by atoms with Gasteiger partial charge in [-0.25, -0.2) is 4.39 Å². The van der Waals surface area contributed by atoms with Crippen molar-refractivity contribution in [1.29, 1.82) is 0 Å². The number of carbonyl (C=O) groups excluding carboxylic acids is 1. The van der Waals surface area contributed by atoms with Crippen molar-refractivity contribution in [3.05, 3.63) is 58.9 Å². The standard InChI is InChI=1S/C24H29ClFN3O5/c1-16-13-28(14-17-2-5-19(26)6-3-17)9-10-29(16)23(30)15-34-21-7-4-18(25)12-22(21)33-11-8-20(27)24(31)32/h2-7,12,16,20H,8-11,13-15,27H2,1H3,(H,31,32)/t16-,20+/m1/s1. The fraction of sp³-hybridized carbons (Fsp3) is 0.417. The van der Waals surface area contributed by atoms with Crippen LogP contribution in [0.25, 0.3) is 0 Å². The van der Waals surface area contributed by atoms with E-state index in [2.05, 4.69) is 4.90 Å². The van der Waals surface area contributed by atoms with E-state index in [0.717, 1.165) is 5.56 Å². The van der Waals surface area contributed by atoms with Crippen LogP contribution in [-0.2, 0) is 16.1 Å². The van der Waals surface area contributed by atoms with E-state index in [0.29, 0.717) is 42.7 Å². The zero-order chi connectivity index (χ0) is 24.7. The molecule has 1 amide bonds. The van der Waals surface area contributed by atoms with Gasteiger partial charge in [0.2, 0.25) is 0 Å². The van der Waals surface area contributed by atoms with Gasteiger partial charge in [-0.05, 0) is 36.8 Å². The number of carbonyl (C=O) groups is 2. The van der Waals surface area contributed by atoms with Crippen LogP contribution in [0.1, 0.15) is 18.9 Å². The Labute approximate surface area is 203 Å². The molecule has 1 aliphatic heterocycles. The summed E-state index contributed by atoms with van der Waals surface area (Å²) in [6.07, 6.45) is 0.111. The third-order valence-corrected chi connectivity index (χ3v) is 5.85. The quantitative estimate of drug-likeness (QED) is 0.524. The molecule has 1 aliphatic rings. The van der Waals surface area contributed by atoms with Crippen LogP contribution < -0.4 is 15.2 Å².